The van der Waals surface area contributed by atoms with Gasteiger partial charge in [-0.3, -0.25) is 0 Å². The fourth-order valence-corrected chi connectivity index (χ4v) is 15.4. The van der Waals surface area contributed by atoms with Gasteiger partial charge in [-0.25, -0.2) is 15.0 Å². The molecule has 0 N–H and O–H groups in total. The molecule has 67 heavy (non-hydrogen) atoms. The lowest BCUT2D eigenvalue weighted by atomic mass is 9.49. The Kier molecular flexibility index (Phi) is 9.25. The second kappa shape index (κ2) is 15.5. The Labute approximate surface area is 394 Å². The first-order valence-corrected chi connectivity index (χ1v) is 25.9. The molecule has 5 nitrogen and oxygen atoms in total. The minimum absolute atomic E-state index is 0.0797. The number of fused-ring (bicyclic) bond motifs is 8. The van der Waals surface area contributed by atoms with E-state index in [4.69, 9.17) is 15.0 Å². The third kappa shape index (κ3) is 6.65. The van der Waals surface area contributed by atoms with Crippen LogP contribution in [0.5, 0.6) is 0 Å². The Balaban J connectivity index is 0.975. The van der Waals surface area contributed by atoms with Crippen molar-refractivity contribution >= 4 is 43.6 Å². The lowest BCUT2D eigenvalue weighted by Crippen LogP contribution is -2.49. The minimum atomic E-state index is 0.0797. The Morgan fingerprint density at radius 3 is 1.70 bits per heavy atom. The number of aryl methyl sites for hydroxylation is 3. The van der Waals surface area contributed by atoms with E-state index in [1.807, 2.05) is 0 Å². The molecule has 2 atom stereocenters. The summed E-state index contributed by atoms with van der Waals surface area (Å²) in [5, 5.41) is 5.10. The summed E-state index contributed by atoms with van der Waals surface area (Å²) in [6.07, 6.45) is 18.7. The number of nitrogens with zero attached hydrogens (tertiary/aromatic N) is 5. The molecular formula is C62H61N5. The van der Waals surface area contributed by atoms with Gasteiger partial charge in [-0.15, -0.1) is 0 Å². The van der Waals surface area contributed by atoms with Gasteiger partial charge in [0.1, 0.15) is 11.6 Å². The molecule has 9 aromatic rings. The van der Waals surface area contributed by atoms with Crippen LogP contribution in [0.2, 0.25) is 0 Å². The molecule has 5 heteroatoms. The highest BCUT2D eigenvalue weighted by molar-refractivity contribution is 6.11. The van der Waals surface area contributed by atoms with Gasteiger partial charge >= 0.3 is 0 Å². The van der Waals surface area contributed by atoms with Crippen molar-refractivity contribution in [2.75, 3.05) is 0 Å². The van der Waals surface area contributed by atoms with Gasteiger partial charge in [0.25, 0.3) is 0 Å². The number of rotatable bonds is 8. The zero-order chi connectivity index (χ0) is 44.4. The molecule has 15 rings (SSSR count). The van der Waals surface area contributed by atoms with E-state index in [2.05, 4.69) is 150 Å². The van der Waals surface area contributed by atoms with E-state index in [1.165, 1.54) is 155 Å². The van der Waals surface area contributed by atoms with Crippen molar-refractivity contribution in [2.45, 2.75) is 109 Å². The van der Waals surface area contributed by atoms with Crippen molar-refractivity contribution in [2.24, 2.45) is 35.5 Å². The Morgan fingerprint density at radius 1 is 0.493 bits per heavy atom. The summed E-state index contributed by atoms with van der Waals surface area (Å²) in [5.41, 5.74) is 13.2. The predicted octanol–water partition coefficient (Wildman–Crippen LogP) is 15.6. The first kappa shape index (κ1) is 40.0. The van der Waals surface area contributed by atoms with Crippen LogP contribution in [0.3, 0.4) is 0 Å². The highest BCUT2D eigenvalue weighted by Gasteiger charge is 2.53. The van der Waals surface area contributed by atoms with Crippen LogP contribution in [-0.4, -0.2) is 24.1 Å². The second-order valence-corrected chi connectivity index (χ2v) is 22.4. The summed E-state index contributed by atoms with van der Waals surface area (Å²) in [7, 11) is 0. The van der Waals surface area contributed by atoms with Crippen molar-refractivity contribution in [3.8, 4) is 33.9 Å². The normalized spacial score (nSPS) is 25.5. The topological polar surface area (TPSA) is 48.5 Å². The van der Waals surface area contributed by atoms with Gasteiger partial charge in [0.15, 0.2) is 5.82 Å². The second-order valence-electron chi connectivity index (χ2n) is 22.4. The molecule has 3 heterocycles. The summed E-state index contributed by atoms with van der Waals surface area (Å²) < 4.78 is 5.01. The van der Waals surface area contributed by atoms with Crippen LogP contribution in [-0.2, 0) is 11.8 Å². The molecule has 2 unspecified atom stereocenters. The number of hydrogen-bond donors (Lipinski definition) is 0. The fraction of sp³-hybridized carbons (Fsp3) is 0.371. The molecule has 0 aliphatic heterocycles. The van der Waals surface area contributed by atoms with E-state index in [0.29, 0.717) is 0 Å². The summed E-state index contributed by atoms with van der Waals surface area (Å²) >= 11 is 0. The van der Waals surface area contributed by atoms with Gasteiger partial charge in [0.05, 0.1) is 33.4 Å². The first-order valence-electron chi connectivity index (χ1n) is 25.9. The first-order chi connectivity index (χ1) is 32.9. The molecule has 6 aromatic carbocycles. The quantitative estimate of drug-likeness (QED) is 0.153. The maximum Gasteiger partial charge on any atom is 0.163 e. The van der Waals surface area contributed by atoms with Crippen LogP contribution < -0.4 is 0 Å². The average Bonchev–Trinajstić information content (AvgIpc) is 3.84. The van der Waals surface area contributed by atoms with Crippen molar-refractivity contribution in [3.05, 3.63) is 150 Å². The average molecular weight is 876 g/mol. The Bertz CT molecular complexity index is 3370. The zero-order valence-corrected chi connectivity index (χ0v) is 39.2. The van der Waals surface area contributed by atoms with Crippen molar-refractivity contribution in [3.63, 3.8) is 0 Å². The van der Waals surface area contributed by atoms with Crippen molar-refractivity contribution in [1.82, 2.24) is 24.1 Å². The largest absolute Gasteiger partial charge is 0.309 e. The molecule has 0 saturated heterocycles. The lowest BCUT2D eigenvalue weighted by Gasteiger charge is -2.56. The molecule has 334 valence electrons. The van der Waals surface area contributed by atoms with Gasteiger partial charge in [0, 0.05) is 50.1 Å². The molecule has 0 radical (unpaired) electrons. The van der Waals surface area contributed by atoms with Crippen LogP contribution in [0.1, 0.15) is 106 Å². The number of hydrogen-bond acceptors (Lipinski definition) is 3. The molecule has 0 spiro atoms. The van der Waals surface area contributed by atoms with Gasteiger partial charge in [-0.1, -0.05) is 109 Å². The number of benzene rings is 6. The maximum atomic E-state index is 5.69. The van der Waals surface area contributed by atoms with Crippen LogP contribution in [0.15, 0.2) is 127 Å². The van der Waals surface area contributed by atoms with E-state index in [-0.39, 0.29) is 5.41 Å². The van der Waals surface area contributed by atoms with Crippen LogP contribution in [0.25, 0.3) is 77.5 Å². The summed E-state index contributed by atoms with van der Waals surface area (Å²) in [6, 6.07) is 47.9. The molecule has 6 saturated carbocycles. The molecule has 6 bridgehead atoms. The van der Waals surface area contributed by atoms with Gasteiger partial charge in [0.2, 0.25) is 0 Å². The minimum Gasteiger partial charge on any atom is -0.309 e. The van der Waals surface area contributed by atoms with E-state index >= 15 is 0 Å². The Hall–Kier alpha value is -6.07. The zero-order valence-electron chi connectivity index (χ0n) is 39.2. The highest BCUT2D eigenvalue weighted by Crippen LogP contribution is 2.60. The highest BCUT2D eigenvalue weighted by atomic mass is 15.1. The summed E-state index contributed by atoms with van der Waals surface area (Å²) in [6.45, 7) is 4.41. The molecule has 0 amide bonds. The van der Waals surface area contributed by atoms with Crippen LogP contribution >= 0.6 is 0 Å². The van der Waals surface area contributed by atoms with E-state index in [1.54, 1.807) is 0 Å². The molecule has 6 fully saturated rings. The van der Waals surface area contributed by atoms with Crippen molar-refractivity contribution < 1.29 is 0 Å². The third-order valence-electron chi connectivity index (χ3n) is 17.8. The number of para-hydroxylation sites is 3. The standard InChI is InChI=1S/C62H61N5/c1-38-18-23-56-51(26-38)48-13-4-7-16-54(48)66(56)53-15-6-3-12-47(53)50-22-21-46(34-58(50)67-55-17-8-5-14-49(55)52-27-39(2)19-24-57(52)67)60-63-59(25-20-42-29-40-10-9-11-41(28-40)30-42)64-61(65-60)62-35-43-31-44(36-62)33-45(32-43)37-62/h3-8,12-19,21-24,26-27,34,40-45H,9-11,20,25,28-33,35-37H2,1-2H3. The van der Waals surface area contributed by atoms with Gasteiger partial charge in [-0.2, -0.15) is 0 Å². The predicted molar refractivity (Wildman–Crippen MR) is 275 cm³/mol. The third-order valence-corrected chi connectivity index (χ3v) is 17.8. The Morgan fingerprint density at radius 2 is 1.04 bits per heavy atom. The lowest BCUT2D eigenvalue weighted by molar-refractivity contribution is -0.00956. The van der Waals surface area contributed by atoms with Crippen molar-refractivity contribution in [1.29, 1.82) is 0 Å². The molecule has 6 aliphatic carbocycles. The van der Waals surface area contributed by atoms with E-state index < -0.39 is 0 Å². The van der Waals surface area contributed by atoms with Crippen LogP contribution in [0, 0.1) is 49.4 Å². The smallest absolute Gasteiger partial charge is 0.163 e. The SMILES string of the molecule is Cc1ccc2c(c1)c1ccccc1n2-c1ccccc1-c1ccc(-c2nc(CCC3CC4CCCC(C4)C3)nc(C34CC5CC(CC(C5)C3)C4)n2)cc1-n1c2ccccc2c2cc(C)ccc21. The van der Waals surface area contributed by atoms with Crippen LogP contribution in [0.4, 0.5) is 0 Å². The molecule has 3 aromatic heterocycles. The van der Waals surface area contributed by atoms with E-state index in [0.717, 1.165) is 70.7 Å². The van der Waals surface area contributed by atoms with Gasteiger partial charge < -0.3 is 9.13 Å². The number of aromatic nitrogens is 5. The maximum absolute atomic E-state index is 5.69. The van der Waals surface area contributed by atoms with E-state index in [9.17, 15) is 0 Å². The fourth-order valence-electron chi connectivity index (χ4n) is 15.4. The molecular weight excluding hydrogens is 815 g/mol. The monoisotopic (exact) mass is 875 g/mol. The van der Waals surface area contributed by atoms with Gasteiger partial charge in [-0.05, 0) is 162 Å². The summed E-state index contributed by atoms with van der Waals surface area (Å²) in [4.78, 5) is 16.8. The summed E-state index contributed by atoms with van der Waals surface area (Å²) in [5.74, 6) is 8.09. The molecule has 6 aliphatic rings.